The average Bonchev–Trinajstić information content (AvgIpc) is 2.58. The van der Waals surface area contributed by atoms with E-state index in [1.54, 1.807) is 0 Å². The maximum atomic E-state index is 5.79. The predicted molar refractivity (Wildman–Crippen MR) is 106 cm³/mol. The molecule has 1 aromatic carbocycles. The van der Waals surface area contributed by atoms with Gasteiger partial charge in [0.2, 0.25) is 0 Å². The number of nitrogens with one attached hydrogen (secondary N) is 1. The average molecular weight is 400 g/mol. The first-order valence-electron chi connectivity index (χ1n) is 9.51. The van der Waals surface area contributed by atoms with Crippen LogP contribution in [0.1, 0.15) is 71.3 Å². The van der Waals surface area contributed by atoms with Gasteiger partial charge in [0.1, 0.15) is 0 Å². The summed E-state index contributed by atoms with van der Waals surface area (Å²) in [6.07, 6.45) is 8.97. The highest BCUT2D eigenvalue weighted by Gasteiger charge is 2.10. The van der Waals surface area contributed by atoms with Crippen LogP contribution in [0.2, 0.25) is 0 Å². The highest BCUT2D eigenvalue weighted by molar-refractivity contribution is 9.10. The molecule has 1 aromatic rings. The van der Waals surface area contributed by atoms with E-state index in [1.807, 2.05) is 13.0 Å². The van der Waals surface area contributed by atoms with Gasteiger partial charge in [-0.25, -0.2) is 0 Å². The Balaban J connectivity index is 2.45. The molecule has 0 radical (unpaired) electrons. The summed E-state index contributed by atoms with van der Waals surface area (Å²) in [5.74, 6) is 1.66. The van der Waals surface area contributed by atoms with Gasteiger partial charge in [0.15, 0.2) is 11.5 Å². The molecule has 1 rings (SSSR count). The fourth-order valence-corrected chi connectivity index (χ4v) is 3.02. The van der Waals surface area contributed by atoms with E-state index in [1.165, 1.54) is 44.1 Å². The van der Waals surface area contributed by atoms with Crippen LogP contribution in [0.5, 0.6) is 11.5 Å². The van der Waals surface area contributed by atoms with Crippen LogP contribution in [0.4, 0.5) is 0 Å². The standard InChI is InChI=1S/C20H34BrNO2/c1-4-7-8-9-10-11-12-22-16-17-14-19(23-6-3)20(15-18(17)21)24-13-5-2/h14-15,22H,4-13,16H2,1-3H3. The fourth-order valence-electron chi connectivity index (χ4n) is 2.56. The molecule has 3 nitrogen and oxygen atoms in total. The van der Waals surface area contributed by atoms with Gasteiger partial charge in [-0.15, -0.1) is 0 Å². The van der Waals surface area contributed by atoms with E-state index in [-0.39, 0.29) is 0 Å². The smallest absolute Gasteiger partial charge is 0.162 e. The molecular formula is C20H34BrNO2. The Bertz CT molecular complexity index is 452. The molecule has 24 heavy (non-hydrogen) atoms. The molecule has 0 aliphatic rings. The number of hydrogen-bond acceptors (Lipinski definition) is 3. The molecule has 0 aliphatic carbocycles. The van der Waals surface area contributed by atoms with Crippen molar-refractivity contribution in [1.82, 2.24) is 5.32 Å². The third-order valence-electron chi connectivity index (χ3n) is 3.90. The predicted octanol–water partition coefficient (Wildman–Crippen LogP) is 6.09. The molecule has 138 valence electrons. The zero-order chi connectivity index (χ0) is 17.6. The summed E-state index contributed by atoms with van der Waals surface area (Å²) in [4.78, 5) is 0. The number of benzene rings is 1. The number of halogens is 1. The molecule has 0 aromatic heterocycles. The lowest BCUT2D eigenvalue weighted by Gasteiger charge is -2.15. The van der Waals surface area contributed by atoms with Crippen LogP contribution in [0.3, 0.4) is 0 Å². The second kappa shape index (κ2) is 13.5. The Morgan fingerprint density at radius 1 is 0.875 bits per heavy atom. The van der Waals surface area contributed by atoms with Crippen LogP contribution in [0.15, 0.2) is 16.6 Å². The van der Waals surface area contributed by atoms with Crippen molar-refractivity contribution in [3.63, 3.8) is 0 Å². The molecule has 0 bridgehead atoms. The second-order valence-corrected chi connectivity index (χ2v) is 6.97. The van der Waals surface area contributed by atoms with Crippen molar-refractivity contribution < 1.29 is 9.47 Å². The number of hydrogen-bond donors (Lipinski definition) is 1. The molecule has 0 atom stereocenters. The molecular weight excluding hydrogens is 366 g/mol. The van der Waals surface area contributed by atoms with Gasteiger partial charge < -0.3 is 14.8 Å². The molecule has 0 amide bonds. The zero-order valence-electron chi connectivity index (χ0n) is 15.6. The summed E-state index contributed by atoms with van der Waals surface area (Å²) in [5.41, 5.74) is 1.22. The maximum Gasteiger partial charge on any atom is 0.162 e. The van der Waals surface area contributed by atoms with Gasteiger partial charge >= 0.3 is 0 Å². The van der Waals surface area contributed by atoms with Crippen molar-refractivity contribution >= 4 is 15.9 Å². The van der Waals surface area contributed by atoms with Crippen molar-refractivity contribution in [3.8, 4) is 11.5 Å². The summed E-state index contributed by atoms with van der Waals surface area (Å²) >= 11 is 3.66. The van der Waals surface area contributed by atoms with Gasteiger partial charge in [-0.05, 0) is 44.0 Å². The summed E-state index contributed by atoms with van der Waals surface area (Å²) in [6.45, 7) is 9.64. The highest BCUT2D eigenvalue weighted by atomic mass is 79.9. The highest BCUT2D eigenvalue weighted by Crippen LogP contribution is 2.34. The lowest BCUT2D eigenvalue weighted by Crippen LogP contribution is -2.15. The molecule has 0 saturated carbocycles. The minimum absolute atomic E-state index is 0.648. The fraction of sp³-hybridized carbons (Fsp3) is 0.700. The Kier molecular flexibility index (Phi) is 12.0. The number of ether oxygens (including phenoxy) is 2. The molecule has 0 saturated heterocycles. The molecule has 0 heterocycles. The zero-order valence-corrected chi connectivity index (χ0v) is 17.2. The number of unbranched alkanes of at least 4 members (excludes halogenated alkanes) is 5. The van der Waals surface area contributed by atoms with Crippen LogP contribution in [0.25, 0.3) is 0 Å². The van der Waals surface area contributed by atoms with E-state index in [0.29, 0.717) is 13.2 Å². The lowest BCUT2D eigenvalue weighted by molar-refractivity contribution is 0.276. The monoisotopic (exact) mass is 399 g/mol. The topological polar surface area (TPSA) is 30.5 Å². The van der Waals surface area contributed by atoms with Crippen molar-refractivity contribution in [1.29, 1.82) is 0 Å². The summed E-state index contributed by atoms with van der Waals surface area (Å²) < 4.78 is 12.6. The first-order chi connectivity index (χ1) is 11.7. The second-order valence-electron chi connectivity index (χ2n) is 6.12. The molecule has 0 spiro atoms. The molecule has 1 N–H and O–H groups in total. The van der Waals surface area contributed by atoms with E-state index < -0.39 is 0 Å². The van der Waals surface area contributed by atoms with Crippen LogP contribution in [-0.4, -0.2) is 19.8 Å². The van der Waals surface area contributed by atoms with Crippen molar-refractivity contribution in [3.05, 3.63) is 22.2 Å². The molecule has 0 aliphatic heterocycles. The van der Waals surface area contributed by atoms with Crippen molar-refractivity contribution in [2.24, 2.45) is 0 Å². The maximum absolute atomic E-state index is 5.79. The SMILES string of the molecule is CCCCCCCCNCc1cc(OCC)c(OCCC)cc1Br. The molecule has 0 unspecified atom stereocenters. The molecule has 4 heteroatoms. The van der Waals surface area contributed by atoms with Crippen LogP contribution in [0, 0.1) is 0 Å². The normalized spacial score (nSPS) is 10.8. The van der Waals surface area contributed by atoms with E-state index in [2.05, 4.69) is 41.2 Å². The summed E-state index contributed by atoms with van der Waals surface area (Å²) in [6, 6.07) is 4.12. The van der Waals surface area contributed by atoms with Crippen LogP contribution < -0.4 is 14.8 Å². The Hall–Kier alpha value is -0.740. The minimum Gasteiger partial charge on any atom is -0.490 e. The van der Waals surface area contributed by atoms with Crippen LogP contribution in [-0.2, 0) is 6.54 Å². The summed E-state index contributed by atoms with van der Waals surface area (Å²) in [5, 5.41) is 3.54. The van der Waals surface area contributed by atoms with Gasteiger partial charge in [-0.3, -0.25) is 0 Å². The number of rotatable bonds is 14. The van der Waals surface area contributed by atoms with Crippen LogP contribution >= 0.6 is 15.9 Å². The first-order valence-corrected chi connectivity index (χ1v) is 10.3. The first kappa shape index (κ1) is 21.3. The molecule has 0 fully saturated rings. The third-order valence-corrected chi connectivity index (χ3v) is 4.64. The summed E-state index contributed by atoms with van der Waals surface area (Å²) in [7, 11) is 0. The Labute approximate surface area is 156 Å². The quantitative estimate of drug-likeness (QED) is 0.384. The van der Waals surface area contributed by atoms with Gasteiger partial charge in [0.25, 0.3) is 0 Å². The minimum atomic E-state index is 0.648. The van der Waals surface area contributed by atoms with E-state index >= 15 is 0 Å². The van der Waals surface area contributed by atoms with E-state index in [9.17, 15) is 0 Å². The van der Waals surface area contributed by atoms with E-state index in [4.69, 9.17) is 9.47 Å². The lowest BCUT2D eigenvalue weighted by atomic mass is 10.1. The van der Waals surface area contributed by atoms with E-state index in [0.717, 1.165) is 35.5 Å². The van der Waals surface area contributed by atoms with Gasteiger partial charge in [0, 0.05) is 11.0 Å². The Morgan fingerprint density at radius 3 is 2.29 bits per heavy atom. The Morgan fingerprint density at radius 2 is 1.58 bits per heavy atom. The van der Waals surface area contributed by atoms with Gasteiger partial charge in [-0.1, -0.05) is 61.9 Å². The van der Waals surface area contributed by atoms with Crippen molar-refractivity contribution in [2.75, 3.05) is 19.8 Å². The van der Waals surface area contributed by atoms with Crippen molar-refractivity contribution in [2.45, 2.75) is 72.3 Å². The van der Waals surface area contributed by atoms with Gasteiger partial charge in [0.05, 0.1) is 13.2 Å². The van der Waals surface area contributed by atoms with Gasteiger partial charge in [-0.2, -0.15) is 0 Å². The largest absolute Gasteiger partial charge is 0.490 e. The third kappa shape index (κ3) is 8.39.